The normalized spacial score (nSPS) is 10.6. The molecule has 1 heterocycles. The molecule has 0 atom stereocenters. The zero-order valence-corrected chi connectivity index (χ0v) is 8.73. The molecule has 78 valence electrons. The Labute approximate surface area is 83.3 Å². The summed E-state index contributed by atoms with van der Waals surface area (Å²) in [4.78, 5) is 13.3. The first-order valence-corrected chi connectivity index (χ1v) is 4.40. The van der Waals surface area contributed by atoms with E-state index in [0.29, 0.717) is 12.2 Å². The summed E-state index contributed by atoms with van der Waals surface area (Å²) in [5, 5.41) is 4.05. The summed E-state index contributed by atoms with van der Waals surface area (Å²) in [7, 11) is 5.31. The number of rotatable bonds is 4. The SMILES string of the molecule is COC(=O)c1ccnn1CCN(C)C. The first-order chi connectivity index (χ1) is 6.65. The summed E-state index contributed by atoms with van der Waals surface area (Å²) >= 11 is 0. The van der Waals surface area contributed by atoms with Crippen molar-refractivity contribution in [3.05, 3.63) is 18.0 Å². The van der Waals surface area contributed by atoms with Gasteiger partial charge in [-0.1, -0.05) is 0 Å². The lowest BCUT2D eigenvalue weighted by Gasteiger charge is -2.10. The third-order valence-electron chi connectivity index (χ3n) is 1.87. The molecule has 0 bridgehead atoms. The second kappa shape index (κ2) is 4.76. The molecular weight excluding hydrogens is 182 g/mol. The molecule has 5 heteroatoms. The van der Waals surface area contributed by atoms with Gasteiger partial charge in [0.1, 0.15) is 5.69 Å². The van der Waals surface area contributed by atoms with E-state index >= 15 is 0 Å². The molecule has 1 rings (SSSR count). The second-order valence-corrected chi connectivity index (χ2v) is 3.23. The van der Waals surface area contributed by atoms with Crippen molar-refractivity contribution >= 4 is 5.97 Å². The molecule has 0 radical (unpaired) electrons. The number of nitrogens with zero attached hydrogens (tertiary/aromatic N) is 3. The molecule has 0 spiro atoms. The second-order valence-electron chi connectivity index (χ2n) is 3.23. The molecule has 0 saturated heterocycles. The van der Waals surface area contributed by atoms with Gasteiger partial charge in [-0.2, -0.15) is 5.10 Å². The van der Waals surface area contributed by atoms with Crippen LogP contribution in [-0.4, -0.2) is 48.4 Å². The van der Waals surface area contributed by atoms with Crippen molar-refractivity contribution in [2.75, 3.05) is 27.7 Å². The Hall–Kier alpha value is -1.36. The van der Waals surface area contributed by atoms with E-state index in [2.05, 4.69) is 9.84 Å². The van der Waals surface area contributed by atoms with Crippen molar-refractivity contribution in [1.29, 1.82) is 0 Å². The van der Waals surface area contributed by atoms with Gasteiger partial charge in [0.2, 0.25) is 0 Å². The van der Waals surface area contributed by atoms with Crippen molar-refractivity contribution in [1.82, 2.24) is 14.7 Å². The Morgan fingerprint density at radius 3 is 2.93 bits per heavy atom. The molecule has 0 unspecified atom stereocenters. The predicted molar refractivity (Wildman–Crippen MR) is 52.1 cm³/mol. The minimum absolute atomic E-state index is 0.346. The summed E-state index contributed by atoms with van der Waals surface area (Å²) < 4.78 is 6.27. The molecule has 0 aromatic carbocycles. The van der Waals surface area contributed by atoms with Gasteiger partial charge in [0.15, 0.2) is 0 Å². The van der Waals surface area contributed by atoms with E-state index in [1.54, 1.807) is 16.9 Å². The molecule has 0 aliphatic rings. The summed E-state index contributed by atoms with van der Waals surface area (Å²) in [6.07, 6.45) is 1.60. The Morgan fingerprint density at radius 1 is 1.64 bits per heavy atom. The molecule has 1 aromatic rings. The van der Waals surface area contributed by atoms with Crippen LogP contribution in [0.15, 0.2) is 12.3 Å². The van der Waals surface area contributed by atoms with Gasteiger partial charge >= 0.3 is 5.97 Å². The van der Waals surface area contributed by atoms with E-state index in [4.69, 9.17) is 0 Å². The fourth-order valence-corrected chi connectivity index (χ4v) is 1.08. The van der Waals surface area contributed by atoms with Gasteiger partial charge in [-0.05, 0) is 20.2 Å². The fourth-order valence-electron chi connectivity index (χ4n) is 1.08. The Kier molecular flexibility index (Phi) is 3.64. The van der Waals surface area contributed by atoms with Crippen LogP contribution in [0.3, 0.4) is 0 Å². The molecule has 0 saturated carbocycles. The van der Waals surface area contributed by atoms with Crippen LogP contribution < -0.4 is 0 Å². The molecule has 14 heavy (non-hydrogen) atoms. The van der Waals surface area contributed by atoms with Crippen molar-refractivity contribution in [3.63, 3.8) is 0 Å². The maximum Gasteiger partial charge on any atom is 0.356 e. The number of carbonyl (C=O) groups excluding carboxylic acids is 1. The van der Waals surface area contributed by atoms with Crippen molar-refractivity contribution < 1.29 is 9.53 Å². The number of hydrogen-bond donors (Lipinski definition) is 0. The summed E-state index contributed by atoms with van der Waals surface area (Å²) in [6, 6.07) is 1.65. The standard InChI is InChI=1S/C9H15N3O2/c1-11(2)6-7-12-8(4-5-10-12)9(13)14-3/h4-5H,6-7H2,1-3H3. The quantitative estimate of drug-likeness (QED) is 0.648. The monoisotopic (exact) mass is 197 g/mol. The highest BCUT2D eigenvalue weighted by molar-refractivity contribution is 5.87. The van der Waals surface area contributed by atoms with Crippen LogP contribution in [0.4, 0.5) is 0 Å². The zero-order valence-electron chi connectivity index (χ0n) is 8.73. The average molecular weight is 197 g/mol. The lowest BCUT2D eigenvalue weighted by atomic mass is 10.4. The van der Waals surface area contributed by atoms with E-state index in [-0.39, 0.29) is 5.97 Å². The largest absolute Gasteiger partial charge is 0.464 e. The lowest BCUT2D eigenvalue weighted by Crippen LogP contribution is -2.21. The number of methoxy groups -OCH3 is 1. The third-order valence-corrected chi connectivity index (χ3v) is 1.87. The van der Waals surface area contributed by atoms with Crippen molar-refractivity contribution in [3.8, 4) is 0 Å². The zero-order chi connectivity index (χ0) is 10.6. The number of likely N-dealkylation sites (N-methyl/N-ethyl adjacent to an activating group) is 1. The van der Waals surface area contributed by atoms with Gasteiger partial charge in [-0.15, -0.1) is 0 Å². The minimum atomic E-state index is -0.346. The number of aromatic nitrogens is 2. The average Bonchev–Trinajstić information content (AvgIpc) is 2.61. The number of ether oxygens (including phenoxy) is 1. The topological polar surface area (TPSA) is 47.4 Å². The van der Waals surface area contributed by atoms with Gasteiger partial charge in [0.25, 0.3) is 0 Å². The Bertz CT molecular complexity index is 307. The van der Waals surface area contributed by atoms with Crippen molar-refractivity contribution in [2.24, 2.45) is 0 Å². The van der Waals surface area contributed by atoms with Gasteiger partial charge in [0, 0.05) is 12.7 Å². The van der Waals surface area contributed by atoms with E-state index in [1.807, 2.05) is 19.0 Å². The van der Waals surface area contributed by atoms with Crippen LogP contribution in [0, 0.1) is 0 Å². The van der Waals surface area contributed by atoms with Crippen LogP contribution in [-0.2, 0) is 11.3 Å². The van der Waals surface area contributed by atoms with Gasteiger partial charge in [-0.25, -0.2) is 4.79 Å². The van der Waals surface area contributed by atoms with Crippen molar-refractivity contribution in [2.45, 2.75) is 6.54 Å². The minimum Gasteiger partial charge on any atom is -0.464 e. The number of hydrogen-bond acceptors (Lipinski definition) is 4. The number of esters is 1. The molecule has 5 nitrogen and oxygen atoms in total. The smallest absolute Gasteiger partial charge is 0.356 e. The fraction of sp³-hybridized carbons (Fsp3) is 0.556. The molecule has 0 aliphatic heterocycles. The first-order valence-electron chi connectivity index (χ1n) is 4.40. The van der Waals surface area contributed by atoms with E-state index in [1.165, 1.54) is 7.11 Å². The Morgan fingerprint density at radius 2 is 2.36 bits per heavy atom. The van der Waals surface area contributed by atoms with E-state index in [0.717, 1.165) is 6.54 Å². The maximum atomic E-state index is 11.2. The van der Waals surface area contributed by atoms with Gasteiger partial charge < -0.3 is 9.64 Å². The van der Waals surface area contributed by atoms with Crippen LogP contribution in [0.2, 0.25) is 0 Å². The van der Waals surface area contributed by atoms with Crippen LogP contribution in [0.1, 0.15) is 10.5 Å². The highest BCUT2D eigenvalue weighted by Gasteiger charge is 2.11. The summed E-state index contributed by atoms with van der Waals surface area (Å²) in [5.74, 6) is -0.346. The third kappa shape index (κ3) is 2.56. The first kappa shape index (κ1) is 10.7. The van der Waals surface area contributed by atoms with E-state index < -0.39 is 0 Å². The molecule has 0 amide bonds. The van der Waals surface area contributed by atoms with Gasteiger partial charge in [0.05, 0.1) is 13.7 Å². The molecule has 0 fully saturated rings. The van der Waals surface area contributed by atoms with Crippen LogP contribution in [0.5, 0.6) is 0 Å². The molecule has 0 aliphatic carbocycles. The van der Waals surface area contributed by atoms with Gasteiger partial charge in [-0.3, -0.25) is 4.68 Å². The van der Waals surface area contributed by atoms with Crippen LogP contribution in [0.25, 0.3) is 0 Å². The lowest BCUT2D eigenvalue weighted by molar-refractivity contribution is 0.0586. The summed E-state index contributed by atoms with van der Waals surface area (Å²) in [6.45, 7) is 1.52. The maximum absolute atomic E-state index is 11.2. The highest BCUT2D eigenvalue weighted by Crippen LogP contribution is 2.00. The Balaban J connectivity index is 2.67. The number of carbonyl (C=O) groups is 1. The molecule has 0 N–H and O–H groups in total. The molecule has 1 aromatic heterocycles. The van der Waals surface area contributed by atoms with Crippen LogP contribution >= 0.6 is 0 Å². The molecular formula is C9H15N3O2. The summed E-state index contributed by atoms with van der Waals surface area (Å²) in [5.41, 5.74) is 0.495. The predicted octanol–water partition coefficient (Wildman–Crippen LogP) is 0.231. The highest BCUT2D eigenvalue weighted by atomic mass is 16.5. The van der Waals surface area contributed by atoms with E-state index in [9.17, 15) is 4.79 Å².